The van der Waals surface area contributed by atoms with E-state index in [0.717, 1.165) is 6.42 Å². The van der Waals surface area contributed by atoms with Crippen LogP contribution in [0.15, 0.2) is 0 Å². The Morgan fingerprint density at radius 2 is 1.19 bits per heavy atom. The van der Waals surface area contributed by atoms with Crippen molar-refractivity contribution >= 4 is 0 Å². The fraction of sp³-hybridized carbons (Fsp3) is 1.00. The molecule has 0 bridgehead atoms. The maximum Gasteiger partial charge on any atom is 0.0186 e. The van der Waals surface area contributed by atoms with E-state index in [1.54, 1.807) is 0 Å². The summed E-state index contributed by atoms with van der Waals surface area (Å²) >= 11 is 0. The Kier molecular flexibility index (Phi) is 5.41. The molecule has 0 aromatic heterocycles. The molecule has 21 heavy (non-hydrogen) atoms. The van der Waals surface area contributed by atoms with Gasteiger partial charge in [-0.2, -0.15) is 0 Å². The van der Waals surface area contributed by atoms with E-state index in [4.69, 9.17) is 5.73 Å². The molecule has 2 aliphatic carbocycles. The summed E-state index contributed by atoms with van der Waals surface area (Å²) in [7, 11) is 0. The molecule has 0 unspecified atom stereocenters. The van der Waals surface area contributed by atoms with Crippen molar-refractivity contribution in [3.05, 3.63) is 0 Å². The summed E-state index contributed by atoms with van der Waals surface area (Å²) in [5, 5.41) is 0. The molecule has 2 N–H and O–H groups in total. The lowest BCUT2D eigenvalue weighted by Crippen LogP contribution is -2.60. The van der Waals surface area contributed by atoms with Gasteiger partial charge in [0.25, 0.3) is 0 Å². The van der Waals surface area contributed by atoms with E-state index in [2.05, 4.69) is 32.6 Å². The third-order valence-electron chi connectivity index (χ3n) is 6.14. The number of nitrogens with zero attached hydrogens (tertiary/aromatic N) is 1. The molecule has 2 rings (SSSR count). The highest BCUT2D eigenvalue weighted by Crippen LogP contribution is 2.43. The summed E-state index contributed by atoms with van der Waals surface area (Å²) in [5.41, 5.74) is 7.08. The second-order valence-electron chi connectivity index (χ2n) is 9.01. The summed E-state index contributed by atoms with van der Waals surface area (Å²) in [6, 6.07) is 0. The molecule has 124 valence electrons. The van der Waals surface area contributed by atoms with Crippen molar-refractivity contribution in [2.75, 3.05) is 6.54 Å². The summed E-state index contributed by atoms with van der Waals surface area (Å²) < 4.78 is 0. The minimum atomic E-state index is -0.0473. The van der Waals surface area contributed by atoms with Crippen LogP contribution in [0.2, 0.25) is 0 Å². The lowest BCUT2D eigenvalue weighted by atomic mass is 9.74. The molecule has 0 amide bonds. The van der Waals surface area contributed by atoms with E-state index in [1.165, 1.54) is 70.8 Å². The lowest BCUT2D eigenvalue weighted by molar-refractivity contribution is -0.0469. The molecule has 0 saturated heterocycles. The van der Waals surface area contributed by atoms with Gasteiger partial charge in [0.15, 0.2) is 0 Å². The summed E-state index contributed by atoms with van der Waals surface area (Å²) in [6.07, 6.45) is 15.2. The van der Waals surface area contributed by atoms with Gasteiger partial charge in [0.2, 0.25) is 0 Å². The lowest BCUT2D eigenvalue weighted by Gasteiger charge is -2.55. The quantitative estimate of drug-likeness (QED) is 0.784. The Morgan fingerprint density at radius 1 is 0.810 bits per heavy atom. The van der Waals surface area contributed by atoms with Gasteiger partial charge in [-0.1, -0.05) is 38.5 Å². The Balaban J connectivity index is 2.16. The monoisotopic (exact) mass is 294 g/mol. The molecule has 0 aromatic rings. The van der Waals surface area contributed by atoms with Crippen molar-refractivity contribution in [3.63, 3.8) is 0 Å². The van der Waals surface area contributed by atoms with Gasteiger partial charge in [0, 0.05) is 23.2 Å². The smallest absolute Gasteiger partial charge is 0.0186 e. The maximum absolute atomic E-state index is 6.30. The maximum atomic E-state index is 6.30. The predicted molar refractivity (Wildman–Crippen MR) is 92.6 cm³/mol. The second kappa shape index (κ2) is 6.58. The van der Waals surface area contributed by atoms with Gasteiger partial charge >= 0.3 is 0 Å². The number of rotatable bonds is 5. The fourth-order valence-electron chi connectivity index (χ4n) is 4.76. The number of nitrogens with two attached hydrogens (primary N) is 1. The fourth-order valence-corrected chi connectivity index (χ4v) is 4.76. The van der Waals surface area contributed by atoms with E-state index in [0.29, 0.717) is 11.1 Å². The van der Waals surface area contributed by atoms with Crippen LogP contribution < -0.4 is 5.73 Å². The normalized spacial score (nSPS) is 26.0. The number of hydrogen-bond acceptors (Lipinski definition) is 2. The molecule has 2 fully saturated rings. The first-order chi connectivity index (χ1) is 9.75. The summed E-state index contributed by atoms with van der Waals surface area (Å²) in [4.78, 5) is 2.91. The Bertz CT molecular complexity index is 293. The Labute approximate surface area is 132 Å². The largest absolute Gasteiger partial charge is 0.326 e. The molecule has 0 aliphatic heterocycles. The second-order valence-corrected chi connectivity index (χ2v) is 9.01. The van der Waals surface area contributed by atoms with Gasteiger partial charge in [-0.3, -0.25) is 4.90 Å². The topological polar surface area (TPSA) is 29.3 Å². The van der Waals surface area contributed by atoms with Crippen LogP contribution in [-0.4, -0.2) is 28.1 Å². The molecule has 2 aliphatic rings. The average Bonchev–Trinajstić information content (AvgIpc) is 2.38. The van der Waals surface area contributed by atoms with Gasteiger partial charge in [-0.05, 0) is 59.8 Å². The van der Waals surface area contributed by atoms with Crippen molar-refractivity contribution in [2.24, 2.45) is 5.73 Å². The first kappa shape index (κ1) is 17.3. The molecule has 0 aromatic carbocycles. The molecule has 0 atom stereocenters. The van der Waals surface area contributed by atoms with Gasteiger partial charge in [-0.25, -0.2) is 0 Å². The molecule has 0 heterocycles. The first-order valence-electron chi connectivity index (χ1n) is 9.32. The molecule has 2 saturated carbocycles. The van der Waals surface area contributed by atoms with E-state index < -0.39 is 0 Å². The van der Waals surface area contributed by atoms with Gasteiger partial charge in [-0.15, -0.1) is 0 Å². The summed E-state index contributed by atoms with van der Waals surface area (Å²) in [6.45, 7) is 10.6. The molecular weight excluding hydrogens is 256 g/mol. The van der Waals surface area contributed by atoms with Crippen LogP contribution >= 0.6 is 0 Å². The van der Waals surface area contributed by atoms with Crippen LogP contribution in [0.1, 0.15) is 98.3 Å². The molecule has 0 spiro atoms. The average molecular weight is 295 g/mol. The van der Waals surface area contributed by atoms with Crippen molar-refractivity contribution < 1.29 is 0 Å². The summed E-state index contributed by atoms with van der Waals surface area (Å²) in [5.74, 6) is 0. The Hall–Kier alpha value is -0.0800. The third-order valence-corrected chi connectivity index (χ3v) is 6.14. The standard InChI is InChI=1S/C19H38N2/c1-17(2,20)15-16-21(18(3)11-7-5-8-12-18)19(4)13-9-6-10-14-19/h5-16,20H2,1-4H3. The van der Waals surface area contributed by atoms with E-state index in [9.17, 15) is 0 Å². The van der Waals surface area contributed by atoms with Crippen LogP contribution in [0.3, 0.4) is 0 Å². The van der Waals surface area contributed by atoms with Crippen LogP contribution in [0.25, 0.3) is 0 Å². The van der Waals surface area contributed by atoms with Gasteiger partial charge < -0.3 is 5.73 Å². The molecule has 2 heteroatoms. The van der Waals surface area contributed by atoms with Crippen LogP contribution in [0, 0.1) is 0 Å². The molecule has 2 nitrogen and oxygen atoms in total. The van der Waals surface area contributed by atoms with Crippen LogP contribution in [0.4, 0.5) is 0 Å². The highest BCUT2D eigenvalue weighted by molar-refractivity contribution is 5.00. The van der Waals surface area contributed by atoms with E-state index in [1.807, 2.05) is 0 Å². The number of hydrogen-bond donors (Lipinski definition) is 1. The van der Waals surface area contributed by atoms with Crippen molar-refractivity contribution in [2.45, 2.75) is 115 Å². The van der Waals surface area contributed by atoms with Gasteiger partial charge in [0.05, 0.1) is 0 Å². The minimum Gasteiger partial charge on any atom is -0.326 e. The third kappa shape index (κ3) is 4.45. The zero-order valence-corrected chi connectivity index (χ0v) is 15.0. The highest BCUT2D eigenvalue weighted by atomic mass is 15.3. The minimum absolute atomic E-state index is 0.0473. The predicted octanol–water partition coefficient (Wildman–Crippen LogP) is 4.86. The van der Waals surface area contributed by atoms with Crippen molar-refractivity contribution in [3.8, 4) is 0 Å². The van der Waals surface area contributed by atoms with Crippen molar-refractivity contribution in [1.82, 2.24) is 4.90 Å². The van der Waals surface area contributed by atoms with Crippen LogP contribution in [0.5, 0.6) is 0 Å². The molecular formula is C19H38N2. The zero-order valence-electron chi connectivity index (χ0n) is 15.0. The highest BCUT2D eigenvalue weighted by Gasteiger charge is 2.44. The Morgan fingerprint density at radius 3 is 1.52 bits per heavy atom. The van der Waals surface area contributed by atoms with Gasteiger partial charge in [0.1, 0.15) is 0 Å². The van der Waals surface area contributed by atoms with Crippen LogP contribution in [-0.2, 0) is 0 Å². The molecule has 0 radical (unpaired) electrons. The van der Waals surface area contributed by atoms with E-state index in [-0.39, 0.29) is 5.54 Å². The first-order valence-corrected chi connectivity index (χ1v) is 9.32. The SMILES string of the molecule is CC(C)(N)CCN(C1(C)CCCCC1)C1(C)CCCCC1. The van der Waals surface area contributed by atoms with Crippen molar-refractivity contribution in [1.29, 1.82) is 0 Å². The van der Waals surface area contributed by atoms with E-state index >= 15 is 0 Å². The zero-order chi connectivity index (χ0) is 15.6.